The highest BCUT2D eigenvalue weighted by atomic mass is 16.5. The first-order valence-electron chi connectivity index (χ1n) is 9.04. The van der Waals surface area contributed by atoms with E-state index in [1.165, 1.54) is 5.56 Å². The van der Waals surface area contributed by atoms with E-state index in [4.69, 9.17) is 14.5 Å². The minimum absolute atomic E-state index is 0.408. The summed E-state index contributed by atoms with van der Waals surface area (Å²) in [5.74, 6) is 1.93. The number of nitrogens with zero attached hydrogens (tertiary/aromatic N) is 2. The van der Waals surface area contributed by atoms with Gasteiger partial charge < -0.3 is 19.7 Å². The fraction of sp³-hybridized carbons (Fsp3) is 0.632. The molecule has 24 heavy (non-hydrogen) atoms. The maximum atomic E-state index is 5.73. The SMILES string of the molecule is CCNC(=NCCc1cccc(OC)c1)N1CCC(OCC)CC1. The molecule has 5 heteroatoms. The van der Waals surface area contributed by atoms with E-state index in [0.29, 0.717) is 6.10 Å². The van der Waals surface area contributed by atoms with Gasteiger partial charge in [-0.15, -0.1) is 0 Å². The summed E-state index contributed by atoms with van der Waals surface area (Å²) in [6.07, 6.45) is 3.48. The maximum Gasteiger partial charge on any atom is 0.193 e. The van der Waals surface area contributed by atoms with Gasteiger partial charge in [-0.3, -0.25) is 4.99 Å². The van der Waals surface area contributed by atoms with Crippen molar-refractivity contribution in [1.82, 2.24) is 10.2 Å². The van der Waals surface area contributed by atoms with Crippen LogP contribution in [0.4, 0.5) is 0 Å². The lowest BCUT2D eigenvalue weighted by Crippen LogP contribution is -2.47. The molecule has 1 saturated heterocycles. The molecule has 0 aromatic heterocycles. The Bertz CT molecular complexity index is 511. The van der Waals surface area contributed by atoms with Crippen molar-refractivity contribution in [2.45, 2.75) is 39.2 Å². The molecule has 0 aliphatic carbocycles. The molecular formula is C19H31N3O2. The monoisotopic (exact) mass is 333 g/mol. The average Bonchev–Trinajstić information content (AvgIpc) is 2.62. The fourth-order valence-corrected chi connectivity index (χ4v) is 3.01. The molecule has 1 aromatic carbocycles. The molecule has 5 nitrogen and oxygen atoms in total. The van der Waals surface area contributed by atoms with Gasteiger partial charge in [-0.25, -0.2) is 0 Å². The van der Waals surface area contributed by atoms with Gasteiger partial charge in [-0.1, -0.05) is 12.1 Å². The molecule has 0 bridgehead atoms. The molecule has 0 radical (unpaired) electrons. The number of rotatable bonds is 7. The predicted octanol–water partition coefficient (Wildman–Crippen LogP) is 2.70. The van der Waals surface area contributed by atoms with E-state index in [1.54, 1.807) is 7.11 Å². The Hall–Kier alpha value is -1.75. The van der Waals surface area contributed by atoms with E-state index >= 15 is 0 Å². The molecule has 0 unspecified atom stereocenters. The van der Waals surface area contributed by atoms with Gasteiger partial charge in [-0.05, 0) is 50.8 Å². The zero-order valence-corrected chi connectivity index (χ0v) is 15.3. The Morgan fingerprint density at radius 2 is 2.08 bits per heavy atom. The highest BCUT2D eigenvalue weighted by molar-refractivity contribution is 5.80. The average molecular weight is 333 g/mol. The van der Waals surface area contributed by atoms with E-state index < -0.39 is 0 Å². The second kappa shape index (κ2) is 10.2. The van der Waals surface area contributed by atoms with Crippen LogP contribution in [0.2, 0.25) is 0 Å². The highest BCUT2D eigenvalue weighted by Gasteiger charge is 2.21. The van der Waals surface area contributed by atoms with Crippen molar-refractivity contribution in [2.24, 2.45) is 4.99 Å². The van der Waals surface area contributed by atoms with Crippen LogP contribution in [0.3, 0.4) is 0 Å². The van der Waals surface area contributed by atoms with E-state index in [0.717, 1.165) is 63.8 Å². The maximum absolute atomic E-state index is 5.73. The lowest BCUT2D eigenvalue weighted by molar-refractivity contribution is 0.0264. The summed E-state index contributed by atoms with van der Waals surface area (Å²) < 4.78 is 11.0. The van der Waals surface area contributed by atoms with Crippen molar-refractivity contribution in [3.8, 4) is 5.75 Å². The van der Waals surface area contributed by atoms with Crippen LogP contribution in [0.15, 0.2) is 29.3 Å². The van der Waals surface area contributed by atoms with E-state index in [9.17, 15) is 0 Å². The number of likely N-dealkylation sites (tertiary alicyclic amines) is 1. The molecule has 1 aliphatic heterocycles. The molecule has 0 amide bonds. The molecule has 1 aromatic rings. The Kier molecular flexibility index (Phi) is 7.89. The van der Waals surface area contributed by atoms with Crippen LogP contribution < -0.4 is 10.1 Å². The molecular weight excluding hydrogens is 302 g/mol. The van der Waals surface area contributed by atoms with Crippen molar-refractivity contribution in [3.05, 3.63) is 29.8 Å². The quantitative estimate of drug-likeness (QED) is 0.616. The van der Waals surface area contributed by atoms with Crippen molar-refractivity contribution < 1.29 is 9.47 Å². The molecule has 1 fully saturated rings. The second-order valence-electron chi connectivity index (χ2n) is 5.98. The van der Waals surface area contributed by atoms with E-state index in [2.05, 4.69) is 36.2 Å². The Morgan fingerprint density at radius 3 is 2.75 bits per heavy atom. The number of methoxy groups -OCH3 is 1. The number of guanidine groups is 1. The van der Waals surface area contributed by atoms with Gasteiger partial charge in [0.1, 0.15) is 5.75 Å². The summed E-state index contributed by atoms with van der Waals surface area (Å²) in [6.45, 7) is 8.68. The first kappa shape index (κ1) is 18.6. The zero-order valence-electron chi connectivity index (χ0n) is 15.3. The van der Waals surface area contributed by atoms with Gasteiger partial charge in [0, 0.05) is 32.8 Å². The zero-order chi connectivity index (χ0) is 17.2. The van der Waals surface area contributed by atoms with Crippen LogP contribution in [-0.2, 0) is 11.2 Å². The lowest BCUT2D eigenvalue weighted by Gasteiger charge is -2.34. The van der Waals surface area contributed by atoms with E-state index in [-0.39, 0.29) is 0 Å². The molecule has 0 atom stereocenters. The molecule has 134 valence electrons. The van der Waals surface area contributed by atoms with Gasteiger partial charge >= 0.3 is 0 Å². The van der Waals surface area contributed by atoms with Crippen LogP contribution in [0, 0.1) is 0 Å². The minimum Gasteiger partial charge on any atom is -0.497 e. The van der Waals surface area contributed by atoms with Gasteiger partial charge in [0.15, 0.2) is 5.96 Å². The topological polar surface area (TPSA) is 46.1 Å². The third-order valence-electron chi connectivity index (χ3n) is 4.27. The van der Waals surface area contributed by atoms with Crippen LogP contribution in [0.25, 0.3) is 0 Å². The Morgan fingerprint density at radius 1 is 1.29 bits per heavy atom. The van der Waals surface area contributed by atoms with Gasteiger partial charge in [0.25, 0.3) is 0 Å². The van der Waals surface area contributed by atoms with Gasteiger partial charge in [-0.2, -0.15) is 0 Å². The first-order valence-corrected chi connectivity index (χ1v) is 9.04. The number of benzene rings is 1. The van der Waals surface area contributed by atoms with Crippen LogP contribution in [0.5, 0.6) is 5.75 Å². The molecule has 0 spiro atoms. The minimum atomic E-state index is 0.408. The van der Waals surface area contributed by atoms with Crippen molar-refractivity contribution in [2.75, 3.05) is 39.9 Å². The summed E-state index contributed by atoms with van der Waals surface area (Å²) >= 11 is 0. The Balaban J connectivity index is 1.88. The normalized spacial score (nSPS) is 16.3. The smallest absolute Gasteiger partial charge is 0.193 e. The van der Waals surface area contributed by atoms with Crippen LogP contribution in [-0.4, -0.2) is 56.9 Å². The number of hydrogen-bond donors (Lipinski definition) is 1. The number of nitrogens with one attached hydrogen (secondary N) is 1. The number of ether oxygens (including phenoxy) is 2. The molecule has 1 aliphatic rings. The van der Waals surface area contributed by atoms with Crippen LogP contribution in [0.1, 0.15) is 32.3 Å². The summed E-state index contributed by atoms with van der Waals surface area (Å²) in [7, 11) is 1.70. The molecule has 1 heterocycles. The summed E-state index contributed by atoms with van der Waals surface area (Å²) in [6, 6.07) is 8.20. The largest absolute Gasteiger partial charge is 0.497 e. The summed E-state index contributed by atoms with van der Waals surface area (Å²) in [5.41, 5.74) is 1.25. The van der Waals surface area contributed by atoms with Gasteiger partial charge in [0.2, 0.25) is 0 Å². The summed E-state index contributed by atoms with van der Waals surface area (Å²) in [5, 5.41) is 3.42. The van der Waals surface area contributed by atoms with Crippen molar-refractivity contribution >= 4 is 5.96 Å². The first-order chi connectivity index (χ1) is 11.8. The van der Waals surface area contributed by atoms with E-state index in [1.807, 2.05) is 12.1 Å². The third kappa shape index (κ3) is 5.71. The molecule has 0 saturated carbocycles. The van der Waals surface area contributed by atoms with Crippen molar-refractivity contribution in [1.29, 1.82) is 0 Å². The summed E-state index contributed by atoms with van der Waals surface area (Å²) in [4.78, 5) is 7.16. The second-order valence-corrected chi connectivity index (χ2v) is 5.98. The van der Waals surface area contributed by atoms with Gasteiger partial charge in [0.05, 0.1) is 13.2 Å². The number of hydrogen-bond acceptors (Lipinski definition) is 3. The third-order valence-corrected chi connectivity index (χ3v) is 4.27. The number of aliphatic imine (C=N–C) groups is 1. The number of piperidine rings is 1. The molecule has 1 N–H and O–H groups in total. The Labute approximate surface area is 146 Å². The standard InChI is InChI=1S/C19H31N3O2/c1-4-20-19(22-13-10-17(11-14-22)24-5-2)21-12-9-16-7-6-8-18(15-16)23-3/h6-8,15,17H,4-5,9-14H2,1-3H3,(H,20,21). The van der Waals surface area contributed by atoms with Crippen molar-refractivity contribution in [3.63, 3.8) is 0 Å². The fourth-order valence-electron chi connectivity index (χ4n) is 3.01. The predicted molar refractivity (Wildman–Crippen MR) is 98.9 cm³/mol. The highest BCUT2D eigenvalue weighted by Crippen LogP contribution is 2.15. The molecule has 2 rings (SSSR count). The lowest BCUT2D eigenvalue weighted by atomic mass is 10.1. The van der Waals surface area contributed by atoms with Crippen LogP contribution >= 0.6 is 0 Å².